The predicted octanol–water partition coefficient (Wildman–Crippen LogP) is 2.28. The maximum Gasteiger partial charge on any atom is 0.123 e. The van der Waals surface area contributed by atoms with Gasteiger partial charge in [0.2, 0.25) is 0 Å². The molecule has 0 saturated carbocycles. The zero-order valence-electron chi connectivity index (χ0n) is 12.1. The Kier molecular flexibility index (Phi) is 4.32. The van der Waals surface area contributed by atoms with Crippen molar-refractivity contribution in [2.24, 2.45) is 0 Å². The maximum atomic E-state index is 5.90. The van der Waals surface area contributed by atoms with Crippen LogP contribution >= 0.6 is 0 Å². The third kappa shape index (κ3) is 3.39. The summed E-state index contributed by atoms with van der Waals surface area (Å²) in [4.78, 5) is 2.42. The van der Waals surface area contributed by atoms with Crippen LogP contribution in [0.1, 0.15) is 26.3 Å². The number of morpholine rings is 1. The Morgan fingerprint density at radius 1 is 1.42 bits per heavy atom. The second-order valence-electron chi connectivity index (χ2n) is 5.59. The summed E-state index contributed by atoms with van der Waals surface area (Å²) in [6, 6.07) is 5.86. The van der Waals surface area contributed by atoms with Crippen LogP contribution in [0.4, 0.5) is 5.69 Å². The highest BCUT2D eigenvalue weighted by Gasteiger charge is 2.30. The first-order chi connectivity index (χ1) is 9.03. The van der Waals surface area contributed by atoms with Crippen LogP contribution in [0.25, 0.3) is 0 Å². The molecule has 0 aliphatic carbocycles. The van der Waals surface area contributed by atoms with E-state index in [1.54, 1.807) is 0 Å². The molecule has 106 valence electrons. The van der Waals surface area contributed by atoms with E-state index < -0.39 is 0 Å². The molecule has 4 nitrogen and oxygen atoms in total. The van der Waals surface area contributed by atoms with Crippen LogP contribution in [0.15, 0.2) is 18.2 Å². The third-order valence-corrected chi connectivity index (χ3v) is 3.56. The zero-order chi connectivity index (χ0) is 13.9. The summed E-state index contributed by atoms with van der Waals surface area (Å²) >= 11 is 0. The molecular weight excluding hydrogens is 240 g/mol. The number of nitrogens with two attached hydrogens (primary N) is 1. The maximum absolute atomic E-state index is 5.90. The topological polar surface area (TPSA) is 47.7 Å². The van der Waals surface area contributed by atoms with Crippen molar-refractivity contribution in [3.05, 3.63) is 23.8 Å². The monoisotopic (exact) mass is 264 g/mol. The fourth-order valence-electron chi connectivity index (χ4n) is 2.41. The molecule has 2 N–H and O–H groups in total. The molecule has 1 heterocycles. The van der Waals surface area contributed by atoms with Crippen LogP contribution in [-0.2, 0) is 11.3 Å². The van der Waals surface area contributed by atoms with Crippen molar-refractivity contribution in [1.82, 2.24) is 4.90 Å². The van der Waals surface area contributed by atoms with Crippen LogP contribution in [-0.4, -0.2) is 36.8 Å². The average molecular weight is 264 g/mol. The number of nitrogen functional groups attached to an aromatic ring is 1. The van der Waals surface area contributed by atoms with Crippen LogP contribution in [0.2, 0.25) is 0 Å². The van der Waals surface area contributed by atoms with Gasteiger partial charge in [-0.25, -0.2) is 0 Å². The van der Waals surface area contributed by atoms with Crippen molar-refractivity contribution in [2.45, 2.75) is 32.9 Å². The highest BCUT2D eigenvalue weighted by Crippen LogP contribution is 2.27. The van der Waals surface area contributed by atoms with Crippen molar-refractivity contribution < 1.29 is 9.47 Å². The molecule has 0 amide bonds. The molecule has 1 fully saturated rings. The van der Waals surface area contributed by atoms with Crippen LogP contribution in [0, 0.1) is 0 Å². The lowest BCUT2D eigenvalue weighted by Crippen LogP contribution is -2.52. The molecule has 0 radical (unpaired) electrons. The van der Waals surface area contributed by atoms with Gasteiger partial charge in [-0.3, -0.25) is 4.90 Å². The average Bonchev–Trinajstić information content (AvgIpc) is 2.35. The lowest BCUT2D eigenvalue weighted by atomic mass is 10.0. The second kappa shape index (κ2) is 5.80. The van der Waals surface area contributed by atoms with Crippen molar-refractivity contribution in [3.63, 3.8) is 0 Å². The number of nitrogens with zero attached hydrogens (tertiary/aromatic N) is 1. The van der Waals surface area contributed by atoms with Gasteiger partial charge in [0.1, 0.15) is 5.75 Å². The molecule has 0 unspecified atom stereocenters. The third-order valence-electron chi connectivity index (χ3n) is 3.56. The molecule has 4 heteroatoms. The first kappa shape index (κ1) is 14.2. The lowest BCUT2D eigenvalue weighted by molar-refractivity contribution is -0.0555. The number of rotatable bonds is 4. The number of anilines is 1. The first-order valence-corrected chi connectivity index (χ1v) is 6.87. The number of ether oxygens (including phenoxy) is 2. The van der Waals surface area contributed by atoms with Crippen molar-refractivity contribution in [3.8, 4) is 5.75 Å². The van der Waals surface area contributed by atoms with Gasteiger partial charge in [-0.2, -0.15) is 0 Å². The van der Waals surface area contributed by atoms with E-state index in [-0.39, 0.29) is 5.54 Å². The van der Waals surface area contributed by atoms with E-state index in [1.807, 2.05) is 25.1 Å². The molecule has 0 spiro atoms. The Hall–Kier alpha value is -1.26. The van der Waals surface area contributed by atoms with Gasteiger partial charge in [0.05, 0.1) is 19.8 Å². The summed E-state index contributed by atoms with van der Waals surface area (Å²) in [6.07, 6.45) is 0. The zero-order valence-corrected chi connectivity index (χ0v) is 12.1. The van der Waals surface area contributed by atoms with Gasteiger partial charge in [0, 0.05) is 29.9 Å². The van der Waals surface area contributed by atoms with Crippen LogP contribution in [0.3, 0.4) is 0 Å². The lowest BCUT2D eigenvalue weighted by Gasteiger charge is -2.42. The fourth-order valence-corrected chi connectivity index (χ4v) is 2.41. The molecule has 1 aliphatic heterocycles. The largest absolute Gasteiger partial charge is 0.494 e. The minimum atomic E-state index is 0.0480. The normalized spacial score (nSPS) is 19.3. The molecular formula is C15H24N2O2. The number of hydrogen-bond donors (Lipinski definition) is 1. The molecule has 1 aliphatic rings. The number of benzene rings is 1. The van der Waals surface area contributed by atoms with E-state index in [9.17, 15) is 0 Å². The first-order valence-electron chi connectivity index (χ1n) is 6.87. The van der Waals surface area contributed by atoms with Gasteiger partial charge in [-0.05, 0) is 39.0 Å². The summed E-state index contributed by atoms with van der Waals surface area (Å²) in [5.74, 6) is 0.930. The number of hydrogen-bond acceptors (Lipinski definition) is 4. The van der Waals surface area contributed by atoms with Crippen molar-refractivity contribution in [1.29, 1.82) is 0 Å². The van der Waals surface area contributed by atoms with Crippen LogP contribution in [0.5, 0.6) is 5.75 Å². The Labute approximate surface area is 115 Å². The molecule has 1 saturated heterocycles. The highest BCUT2D eigenvalue weighted by atomic mass is 16.5. The van der Waals surface area contributed by atoms with E-state index in [1.165, 1.54) is 0 Å². The summed E-state index contributed by atoms with van der Waals surface area (Å²) in [7, 11) is 0. The van der Waals surface area contributed by atoms with E-state index in [4.69, 9.17) is 15.2 Å². The van der Waals surface area contributed by atoms with E-state index in [0.717, 1.165) is 43.3 Å². The van der Waals surface area contributed by atoms with Gasteiger partial charge in [-0.1, -0.05) is 0 Å². The molecule has 19 heavy (non-hydrogen) atoms. The highest BCUT2D eigenvalue weighted by molar-refractivity contribution is 5.48. The smallest absolute Gasteiger partial charge is 0.123 e. The van der Waals surface area contributed by atoms with E-state index in [0.29, 0.717) is 6.61 Å². The molecule has 2 rings (SSSR count). The molecule has 0 atom stereocenters. The molecule has 0 bridgehead atoms. The predicted molar refractivity (Wildman–Crippen MR) is 77.3 cm³/mol. The van der Waals surface area contributed by atoms with Crippen LogP contribution < -0.4 is 10.5 Å². The summed E-state index contributed by atoms with van der Waals surface area (Å²) in [6.45, 7) is 10.4. The van der Waals surface area contributed by atoms with Crippen molar-refractivity contribution >= 4 is 5.69 Å². The van der Waals surface area contributed by atoms with Gasteiger partial charge < -0.3 is 15.2 Å². The van der Waals surface area contributed by atoms with Gasteiger partial charge >= 0.3 is 0 Å². The van der Waals surface area contributed by atoms with Gasteiger partial charge in [0.15, 0.2) is 0 Å². The summed E-state index contributed by atoms with van der Waals surface area (Å²) < 4.78 is 11.2. The van der Waals surface area contributed by atoms with Gasteiger partial charge in [0.25, 0.3) is 0 Å². The SMILES string of the molecule is CCOc1ccc(N)cc1CN1CCOCC1(C)C. The molecule has 0 aromatic heterocycles. The second-order valence-corrected chi connectivity index (χ2v) is 5.59. The minimum absolute atomic E-state index is 0.0480. The Bertz CT molecular complexity index is 432. The van der Waals surface area contributed by atoms with E-state index >= 15 is 0 Å². The standard InChI is InChI=1S/C15H24N2O2/c1-4-19-14-6-5-13(16)9-12(14)10-17-7-8-18-11-15(17,2)3/h5-6,9H,4,7-8,10-11,16H2,1-3H3. The van der Waals surface area contributed by atoms with Gasteiger partial charge in [-0.15, -0.1) is 0 Å². The molecule has 1 aromatic carbocycles. The van der Waals surface area contributed by atoms with E-state index in [2.05, 4.69) is 18.7 Å². The Morgan fingerprint density at radius 2 is 2.21 bits per heavy atom. The summed E-state index contributed by atoms with van der Waals surface area (Å²) in [5, 5.41) is 0. The Balaban J connectivity index is 2.19. The molecule has 1 aromatic rings. The fraction of sp³-hybridized carbons (Fsp3) is 0.600. The summed E-state index contributed by atoms with van der Waals surface area (Å²) in [5.41, 5.74) is 7.88. The quantitative estimate of drug-likeness (QED) is 0.848. The Morgan fingerprint density at radius 3 is 2.89 bits per heavy atom. The minimum Gasteiger partial charge on any atom is -0.494 e. The van der Waals surface area contributed by atoms with Crippen molar-refractivity contribution in [2.75, 3.05) is 32.1 Å².